The van der Waals surface area contributed by atoms with Crippen LogP contribution in [0.4, 0.5) is 30.5 Å². The number of benzene rings is 2. The molecule has 216 valence electrons. The molecular formula is C31H30F3N7O. The maximum atomic E-state index is 14.0. The Balaban J connectivity index is 1.35. The molecule has 0 saturated carbocycles. The number of piperazine rings is 1. The van der Waals surface area contributed by atoms with E-state index < -0.39 is 11.7 Å². The van der Waals surface area contributed by atoms with Crippen molar-refractivity contribution >= 4 is 40.3 Å². The summed E-state index contributed by atoms with van der Waals surface area (Å²) in [6.07, 6.45) is 1.76. The zero-order chi connectivity index (χ0) is 29.4. The van der Waals surface area contributed by atoms with Gasteiger partial charge in [-0.1, -0.05) is 30.3 Å². The van der Waals surface area contributed by atoms with Gasteiger partial charge in [0.1, 0.15) is 5.65 Å². The molecule has 6 rings (SSSR count). The highest BCUT2D eigenvalue weighted by Gasteiger charge is 2.35. The Bertz CT molecular complexity index is 1750. The summed E-state index contributed by atoms with van der Waals surface area (Å²) in [5, 5.41) is 6.72. The Morgan fingerprint density at radius 1 is 1.00 bits per heavy atom. The van der Waals surface area contributed by atoms with Crippen LogP contribution < -0.4 is 21.1 Å². The average molecular weight is 574 g/mol. The first-order valence-corrected chi connectivity index (χ1v) is 13.9. The van der Waals surface area contributed by atoms with E-state index in [1.807, 2.05) is 50.4 Å². The fraction of sp³-hybridized carbons (Fsp3) is 0.290. The van der Waals surface area contributed by atoms with Gasteiger partial charge in [-0.25, -0.2) is 4.98 Å². The number of nitrogens with zero attached hydrogens (tertiary/aromatic N) is 5. The first-order valence-electron chi connectivity index (χ1n) is 13.9. The number of aromatic nitrogens is 3. The second kappa shape index (κ2) is 11.1. The summed E-state index contributed by atoms with van der Waals surface area (Å²) in [4.78, 5) is 28.8. The van der Waals surface area contributed by atoms with Gasteiger partial charge in [-0.2, -0.15) is 18.2 Å². The molecule has 8 nitrogen and oxygen atoms in total. The summed E-state index contributed by atoms with van der Waals surface area (Å²) in [5.41, 5.74) is 2.97. The molecule has 0 aliphatic carbocycles. The molecule has 4 aromatic rings. The lowest BCUT2D eigenvalue weighted by Gasteiger charge is -2.31. The molecule has 0 radical (unpaired) electrons. The fourth-order valence-corrected chi connectivity index (χ4v) is 5.40. The standard InChI is InChI=1S/C31H30F3N7O/c1-19(2)41-28-22(16-24(29(41)42)20-5-7-21(8-6-20)26-4-3-11-36-26)18-37-30(39-28)38-23-9-10-27(25(17-23)31(32,33)34)40-14-12-35-13-15-40/h4-11,16-19,35H,3,12-15H2,1-2H3,(H,37,38,39). The van der Waals surface area contributed by atoms with Crippen molar-refractivity contribution in [1.29, 1.82) is 0 Å². The van der Waals surface area contributed by atoms with Crippen molar-refractivity contribution in [2.24, 2.45) is 4.99 Å². The third-order valence-corrected chi connectivity index (χ3v) is 7.44. The van der Waals surface area contributed by atoms with Crippen molar-refractivity contribution < 1.29 is 13.2 Å². The van der Waals surface area contributed by atoms with Crippen LogP contribution in [0.5, 0.6) is 0 Å². The summed E-state index contributed by atoms with van der Waals surface area (Å²) in [5.74, 6) is 0.0989. The molecule has 11 heteroatoms. The maximum absolute atomic E-state index is 14.0. The zero-order valence-electron chi connectivity index (χ0n) is 23.2. The highest BCUT2D eigenvalue weighted by atomic mass is 19.4. The zero-order valence-corrected chi connectivity index (χ0v) is 23.2. The molecule has 2 N–H and O–H groups in total. The molecule has 4 heterocycles. The minimum absolute atomic E-state index is 0.0989. The molecular weight excluding hydrogens is 543 g/mol. The second-order valence-corrected chi connectivity index (χ2v) is 10.6. The lowest BCUT2D eigenvalue weighted by atomic mass is 10.0. The van der Waals surface area contributed by atoms with Gasteiger partial charge < -0.3 is 15.5 Å². The highest BCUT2D eigenvalue weighted by molar-refractivity contribution is 5.84. The van der Waals surface area contributed by atoms with E-state index in [1.54, 1.807) is 27.8 Å². The van der Waals surface area contributed by atoms with Gasteiger partial charge in [0.15, 0.2) is 0 Å². The number of allylic oxidation sites excluding steroid dienone is 1. The molecule has 2 aromatic carbocycles. The van der Waals surface area contributed by atoms with E-state index in [9.17, 15) is 18.0 Å². The minimum atomic E-state index is -4.53. The molecule has 0 unspecified atom stereocenters. The van der Waals surface area contributed by atoms with Crippen LogP contribution in [0, 0.1) is 0 Å². The van der Waals surface area contributed by atoms with Crippen molar-refractivity contribution in [3.05, 3.63) is 82.3 Å². The first-order chi connectivity index (χ1) is 20.2. The van der Waals surface area contributed by atoms with E-state index in [-0.39, 0.29) is 28.9 Å². The van der Waals surface area contributed by atoms with Crippen LogP contribution in [0.3, 0.4) is 0 Å². The predicted molar refractivity (Wildman–Crippen MR) is 161 cm³/mol. The molecule has 2 aliphatic heterocycles. The van der Waals surface area contributed by atoms with Gasteiger partial charge in [0, 0.05) is 73.4 Å². The van der Waals surface area contributed by atoms with Gasteiger partial charge in [0.2, 0.25) is 5.95 Å². The van der Waals surface area contributed by atoms with Crippen molar-refractivity contribution in [1.82, 2.24) is 19.9 Å². The van der Waals surface area contributed by atoms with Crippen molar-refractivity contribution in [3.63, 3.8) is 0 Å². The van der Waals surface area contributed by atoms with Gasteiger partial charge in [0.25, 0.3) is 5.56 Å². The summed E-state index contributed by atoms with van der Waals surface area (Å²) >= 11 is 0. The Kier molecular flexibility index (Phi) is 7.28. The molecule has 2 aromatic heterocycles. The van der Waals surface area contributed by atoms with Gasteiger partial charge >= 0.3 is 6.18 Å². The normalized spacial score (nSPS) is 15.5. The van der Waals surface area contributed by atoms with E-state index in [0.29, 0.717) is 42.8 Å². The number of aliphatic imine (C=N–C) groups is 1. The van der Waals surface area contributed by atoms with Crippen molar-refractivity contribution in [2.75, 3.05) is 36.4 Å². The number of nitrogens with one attached hydrogen (secondary N) is 2. The SMILES string of the molecule is CC(C)n1c(=O)c(-c2ccc(C3=CCC=N3)cc2)cc2cnc(Nc3ccc(N4CCNCC4)c(C(F)(F)F)c3)nc21. The van der Waals surface area contributed by atoms with Gasteiger partial charge in [-0.15, -0.1) is 0 Å². The highest BCUT2D eigenvalue weighted by Crippen LogP contribution is 2.39. The molecule has 1 saturated heterocycles. The van der Waals surface area contributed by atoms with Crippen LogP contribution >= 0.6 is 0 Å². The van der Waals surface area contributed by atoms with Crippen LogP contribution in [-0.4, -0.2) is 46.9 Å². The van der Waals surface area contributed by atoms with Crippen LogP contribution in [0.15, 0.2) is 70.6 Å². The monoisotopic (exact) mass is 573 g/mol. The number of halogens is 3. The fourth-order valence-electron chi connectivity index (χ4n) is 5.40. The summed E-state index contributed by atoms with van der Waals surface area (Å²) < 4.78 is 43.7. The quantitative estimate of drug-likeness (QED) is 0.293. The molecule has 1 fully saturated rings. The smallest absolute Gasteiger partial charge is 0.368 e. The molecule has 0 atom stereocenters. The van der Waals surface area contributed by atoms with Gasteiger partial charge in [0.05, 0.1) is 11.3 Å². The molecule has 0 bridgehead atoms. The minimum Gasteiger partial charge on any atom is -0.368 e. The number of fused-ring (bicyclic) bond motifs is 1. The Labute approximate surface area is 240 Å². The van der Waals surface area contributed by atoms with Crippen LogP contribution in [0.1, 0.15) is 37.4 Å². The van der Waals surface area contributed by atoms with E-state index in [2.05, 4.69) is 25.6 Å². The number of pyridine rings is 1. The lowest BCUT2D eigenvalue weighted by molar-refractivity contribution is -0.137. The van der Waals surface area contributed by atoms with Crippen molar-refractivity contribution in [2.45, 2.75) is 32.5 Å². The van der Waals surface area contributed by atoms with Gasteiger partial charge in [-0.3, -0.25) is 14.4 Å². The van der Waals surface area contributed by atoms with Crippen LogP contribution in [0.2, 0.25) is 0 Å². The number of rotatable bonds is 6. The van der Waals surface area contributed by atoms with Crippen molar-refractivity contribution in [3.8, 4) is 11.1 Å². The molecule has 42 heavy (non-hydrogen) atoms. The average Bonchev–Trinajstić information content (AvgIpc) is 3.52. The number of alkyl halides is 3. The third-order valence-electron chi connectivity index (χ3n) is 7.44. The number of anilines is 3. The van der Waals surface area contributed by atoms with Crippen LogP contribution in [-0.2, 0) is 6.18 Å². The molecule has 2 aliphatic rings. The Morgan fingerprint density at radius 3 is 2.40 bits per heavy atom. The van der Waals surface area contributed by atoms with Gasteiger partial charge in [-0.05, 0) is 49.2 Å². The Morgan fingerprint density at radius 2 is 1.74 bits per heavy atom. The lowest BCUT2D eigenvalue weighted by Crippen LogP contribution is -2.44. The second-order valence-electron chi connectivity index (χ2n) is 10.6. The number of hydrogen-bond acceptors (Lipinski definition) is 7. The summed E-state index contributed by atoms with van der Waals surface area (Å²) in [7, 11) is 0. The largest absolute Gasteiger partial charge is 0.418 e. The topological polar surface area (TPSA) is 87.4 Å². The number of hydrogen-bond donors (Lipinski definition) is 2. The predicted octanol–water partition coefficient (Wildman–Crippen LogP) is 6.03. The van der Waals surface area contributed by atoms with Crippen LogP contribution in [0.25, 0.3) is 27.9 Å². The van der Waals surface area contributed by atoms with E-state index in [4.69, 9.17) is 0 Å². The third kappa shape index (κ3) is 5.39. The molecule has 0 spiro atoms. The summed E-state index contributed by atoms with van der Waals surface area (Å²) in [6.45, 7) is 6.01. The maximum Gasteiger partial charge on any atom is 0.418 e. The van der Waals surface area contributed by atoms with E-state index >= 15 is 0 Å². The molecule has 0 amide bonds. The van der Waals surface area contributed by atoms with E-state index in [0.717, 1.165) is 29.3 Å². The summed E-state index contributed by atoms with van der Waals surface area (Å²) in [6, 6.07) is 13.4. The first kappa shape index (κ1) is 27.6. The van der Waals surface area contributed by atoms with E-state index in [1.165, 1.54) is 6.07 Å². The Hall–Kier alpha value is -4.51.